The fourth-order valence-corrected chi connectivity index (χ4v) is 5.17. The number of nitro benzene ring substituents is 1. The molecule has 0 aromatic heterocycles. The first-order chi connectivity index (χ1) is 15.1. The van der Waals surface area contributed by atoms with Gasteiger partial charge in [-0.15, -0.1) is 0 Å². The number of amides is 1. The first kappa shape index (κ1) is 23.6. The van der Waals surface area contributed by atoms with Crippen LogP contribution in [0.1, 0.15) is 19.4 Å². The molecular weight excluding hydrogens is 436 g/mol. The number of rotatable bonds is 7. The van der Waals surface area contributed by atoms with Gasteiger partial charge >= 0.3 is 0 Å². The van der Waals surface area contributed by atoms with Crippen molar-refractivity contribution in [2.45, 2.75) is 37.9 Å². The molecule has 2 N–H and O–H groups in total. The van der Waals surface area contributed by atoms with Gasteiger partial charge in [0.25, 0.3) is 5.69 Å². The van der Waals surface area contributed by atoms with Crippen molar-refractivity contribution in [2.75, 3.05) is 30.3 Å². The van der Waals surface area contributed by atoms with Gasteiger partial charge in [0.15, 0.2) is 0 Å². The number of nitrogens with one attached hydrogen (secondary N) is 2. The standard InChI is InChI=1S/C21H26N4O6S/c1-14-12-24(13-15(2)31-14)32(29,30)18-9-7-17(8-10-18)23-21(26)11-22-19-5-4-6-20(16(19)3)25(27)28/h4-10,14-15,22H,11-13H2,1-3H3,(H,23,26). The first-order valence-corrected chi connectivity index (χ1v) is 11.6. The van der Waals surface area contributed by atoms with Crippen molar-refractivity contribution in [1.29, 1.82) is 0 Å². The summed E-state index contributed by atoms with van der Waals surface area (Å²) in [4.78, 5) is 23.0. The minimum absolute atomic E-state index is 0.0312. The summed E-state index contributed by atoms with van der Waals surface area (Å²) in [6.45, 7) is 5.74. The second kappa shape index (κ2) is 9.63. The third-order valence-electron chi connectivity index (χ3n) is 5.10. The number of carbonyl (C=O) groups is 1. The van der Waals surface area contributed by atoms with E-state index in [1.165, 1.54) is 34.6 Å². The summed E-state index contributed by atoms with van der Waals surface area (Å²) in [5, 5.41) is 16.6. The normalized spacial score (nSPS) is 19.3. The number of ether oxygens (including phenoxy) is 1. The van der Waals surface area contributed by atoms with E-state index in [2.05, 4.69) is 10.6 Å². The van der Waals surface area contributed by atoms with E-state index < -0.39 is 14.9 Å². The molecule has 11 heteroatoms. The summed E-state index contributed by atoms with van der Waals surface area (Å²) < 4.78 is 32.8. The third-order valence-corrected chi connectivity index (χ3v) is 6.95. The second-order valence-corrected chi connectivity index (χ2v) is 9.65. The van der Waals surface area contributed by atoms with Crippen molar-refractivity contribution in [3.8, 4) is 0 Å². The molecule has 172 valence electrons. The van der Waals surface area contributed by atoms with Crippen LogP contribution in [0.15, 0.2) is 47.4 Å². The average Bonchev–Trinajstić information content (AvgIpc) is 2.72. The fourth-order valence-electron chi connectivity index (χ4n) is 3.58. The number of nitrogens with zero attached hydrogens (tertiary/aromatic N) is 2. The monoisotopic (exact) mass is 462 g/mol. The predicted octanol–water partition coefficient (Wildman–Crippen LogP) is 2.75. The molecule has 1 aliphatic rings. The molecule has 1 amide bonds. The smallest absolute Gasteiger partial charge is 0.274 e. The van der Waals surface area contributed by atoms with Gasteiger partial charge in [-0.1, -0.05) is 6.07 Å². The van der Waals surface area contributed by atoms with Crippen molar-refractivity contribution < 1.29 is 22.9 Å². The molecule has 1 aliphatic heterocycles. The van der Waals surface area contributed by atoms with E-state index in [0.717, 1.165) is 0 Å². The number of benzene rings is 2. The summed E-state index contributed by atoms with van der Waals surface area (Å²) in [5.74, 6) is -0.373. The molecule has 0 aliphatic carbocycles. The van der Waals surface area contributed by atoms with Gasteiger partial charge in [-0.25, -0.2) is 8.42 Å². The van der Waals surface area contributed by atoms with E-state index in [1.807, 2.05) is 13.8 Å². The molecule has 32 heavy (non-hydrogen) atoms. The Morgan fingerprint density at radius 3 is 2.38 bits per heavy atom. The number of hydrogen-bond acceptors (Lipinski definition) is 7. The van der Waals surface area contributed by atoms with Gasteiger partial charge in [0.1, 0.15) is 0 Å². The lowest BCUT2D eigenvalue weighted by atomic mass is 10.1. The lowest BCUT2D eigenvalue weighted by molar-refractivity contribution is -0.385. The van der Waals surface area contributed by atoms with E-state index in [4.69, 9.17) is 4.74 Å². The third kappa shape index (κ3) is 5.42. The van der Waals surface area contributed by atoms with Gasteiger partial charge in [-0.2, -0.15) is 4.31 Å². The highest BCUT2D eigenvalue weighted by Crippen LogP contribution is 2.25. The number of hydrogen-bond donors (Lipinski definition) is 2. The van der Waals surface area contributed by atoms with Crippen LogP contribution >= 0.6 is 0 Å². The minimum atomic E-state index is -3.66. The Bertz CT molecular complexity index is 1090. The van der Waals surface area contributed by atoms with Gasteiger partial charge in [-0.05, 0) is 51.1 Å². The van der Waals surface area contributed by atoms with Gasteiger partial charge in [0.05, 0.1) is 28.6 Å². The zero-order valence-corrected chi connectivity index (χ0v) is 18.9. The van der Waals surface area contributed by atoms with Crippen LogP contribution in [0.5, 0.6) is 0 Å². The van der Waals surface area contributed by atoms with E-state index in [1.54, 1.807) is 19.1 Å². The summed E-state index contributed by atoms with van der Waals surface area (Å²) >= 11 is 0. The average molecular weight is 463 g/mol. The lowest BCUT2D eigenvalue weighted by Gasteiger charge is -2.34. The maximum atomic E-state index is 12.9. The van der Waals surface area contributed by atoms with Crippen LogP contribution in [0.4, 0.5) is 17.1 Å². The molecule has 2 aromatic carbocycles. The Hall–Kier alpha value is -3.02. The predicted molar refractivity (Wildman–Crippen MR) is 120 cm³/mol. The highest BCUT2D eigenvalue weighted by Gasteiger charge is 2.32. The molecule has 3 rings (SSSR count). The van der Waals surface area contributed by atoms with Crippen LogP contribution < -0.4 is 10.6 Å². The maximum absolute atomic E-state index is 12.9. The van der Waals surface area contributed by atoms with Crippen LogP contribution in [0.25, 0.3) is 0 Å². The van der Waals surface area contributed by atoms with Crippen LogP contribution in [0.2, 0.25) is 0 Å². The molecule has 2 unspecified atom stereocenters. The van der Waals surface area contributed by atoms with E-state index in [-0.39, 0.29) is 48.3 Å². The minimum Gasteiger partial charge on any atom is -0.376 e. The summed E-state index contributed by atoms with van der Waals surface area (Å²) in [6, 6.07) is 10.5. The molecule has 0 saturated carbocycles. The van der Waals surface area contributed by atoms with Crippen LogP contribution in [0.3, 0.4) is 0 Å². The molecule has 2 atom stereocenters. The molecule has 1 fully saturated rings. The van der Waals surface area contributed by atoms with Crippen molar-refractivity contribution in [2.24, 2.45) is 0 Å². The van der Waals surface area contributed by atoms with Crippen molar-refractivity contribution in [3.63, 3.8) is 0 Å². The van der Waals surface area contributed by atoms with E-state index in [9.17, 15) is 23.3 Å². The Morgan fingerprint density at radius 2 is 1.78 bits per heavy atom. The molecule has 10 nitrogen and oxygen atoms in total. The van der Waals surface area contributed by atoms with Crippen LogP contribution in [-0.2, 0) is 19.6 Å². The fraction of sp³-hybridized carbons (Fsp3) is 0.381. The Labute approximate surface area is 186 Å². The van der Waals surface area contributed by atoms with Gasteiger partial charge in [0, 0.05) is 36.1 Å². The molecule has 0 spiro atoms. The first-order valence-electron chi connectivity index (χ1n) is 10.1. The molecule has 0 bridgehead atoms. The Kier molecular flexibility index (Phi) is 7.12. The van der Waals surface area contributed by atoms with Crippen molar-refractivity contribution >= 4 is 33.0 Å². The van der Waals surface area contributed by atoms with Gasteiger partial charge in [0.2, 0.25) is 15.9 Å². The number of sulfonamides is 1. The maximum Gasteiger partial charge on any atom is 0.274 e. The summed E-state index contributed by atoms with van der Waals surface area (Å²) in [7, 11) is -3.66. The molecule has 0 radical (unpaired) electrons. The second-order valence-electron chi connectivity index (χ2n) is 7.71. The summed E-state index contributed by atoms with van der Waals surface area (Å²) in [5.41, 5.74) is 1.34. The lowest BCUT2D eigenvalue weighted by Crippen LogP contribution is -2.48. The Balaban J connectivity index is 1.61. The van der Waals surface area contributed by atoms with Crippen LogP contribution in [0, 0.1) is 17.0 Å². The van der Waals surface area contributed by atoms with Gasteiger partial charge < -0.3 is 15.4 Å². The molecule has 2 aromatic rings. The SMILES string of the molecule is Cc1c(NCC(=O)Nc2ccc(S(=O)(=O)N3CC(C)OC(C)C3)cc2)cccc1[N+](=O)[O-]. The molecule has 1 heterocycles. The highest BCUT2D eigenvalue weighted by molar-refractivity contribution is 7.89. The van der Waals surface area contributed by atoms with E-state index in [0.29, 0.717) is 16.9 Å². The quantitative estimate of drug-likeness (QED) is 0.478. The number of anilines is 2. The number of carbonyl (C=O) groups excluding carboxylic acids is 1. The summed E-state index contributed by atoms with van der Waals surface area (Å²) in [6.07, 6.45) is -0.372. The zero-order chi connectivity index (χ0) is 23.5. The highest BCUT2D eigenvalue weighted by atomic mass is 32.2. The van der Waals surface area contributed by atoms with Crippen molar-refractivity contribution in [3.05, 3.63) is 58.1 Å². The topological polar surface area (TPSA) is 131 Å². The van der Waals surface area contributed by atoms with Crippen molar-refractivity contribution in [1.82, 2.24) is 4.31 Å². The molecular formula is C21H26N4O6S. The Morgan fingerprint density at radius 1 is 1.16 bits per heavy atom. The molecule has 1 saturated heterocycles. The largest absolute Gasteiger partial charge is 0.376 e. The van der Waals surface area contributed by atoms with Crippen LogP contribution in [-0.4, -0.2) is 55.4 Å². The number of morpholine rings is 1. The van der Waals surface area contributed by atoms with E-state index >= 15 is 0 Å². The zero-order valence-electron chi connectivity index (χ0n) is 18.1. The number of nitro groups is 1. The van der Waals surface area contributed by atoms with Gasteiger partial charge in [-0.3, -0.25) is 14.9 Å².